The summed E-state index contributed by atoms with van der Waals surface area (Å²) in [5, 5.41) is 0. The average molecular weight is 567 g/mol. The molecule has 0 aliphatic rings. The molecule has 0 aliphatic carbocycles. The summed E-state index contributed by atoms with van der Waals surface area (Å²) >= 11 is 0. The van der Waals surface area contributed by atoms with Gasteiger partial charge in [-0.1, -0.05) is 24.3 Å². The monoisotopic (exact) mass is 566 g/mol. The second-order valence-electron chi connectivity index (χ2n) is 9.18. The minimum atomic E-state index is -3.52. The van der Waals surface area contributed by atoms with Crippen LogP contribution < -0.4 is 14.4 Å². The van der Waals surface area contributed by atoms with Gasteiger partial charge in [-0.15, -0.1) is 0 Å². The summed E-state index contributed by atoms with van der Waals surface area (Å²) in [7, 11) is -2.20. The van der Waals surface area contributed by atoms with Crippen LogP contribution >= 0.6 is 0 Å². The SMILES string of the molecule is COC(=O)c1ccc(Oc2ccc(CN(Cc3ccc(F)cc3F)c3cccc(NS(C)(=O)=O)c3C)cc2)cc1. The molecule has 0 fully saturated rings. The fourth-order valence-corrected chi connectivity index (χ4v) is 4.78. The number of nitrogens with one attached hydrogen (secondary N) is 1. The highest BCUT2D eigenvalue weighted by molar-refractivity contribution is 7.92. The van der Waals surface area contributed by atoms with Crippen LogP contribution in [-0.4, -0.2) is 27.8 Å². The second kappa shape index (κ2) is 12.2. The lowest BCUT2D eigenvalue weighted by Gasteiger charge is -2.28. The molecule has 0 heterocycles. The van der Waals surface area contributed by atoms with Crippen molar-refractivity contribution in [2.75, 3.05) is 23.0 Å². The number of nitrogens with zero attached hydrogens (tertiary/aromatic N) is 1. The molecule has 10 heteroatoms. The number of rotatable bonds is 10. The quantitative estimate of drug-likeness (QED) is 0.223. The molecule has 1 N–H and O–H groups in total. The van der Waals surface area contributed by atoms with Crippen molar-refractivity contribution in [3.8, 4) is 11.5 Å². The number of ether oxygens (including phenoxy) is 2. The molecule has 0 amide bonds. The minimum Gasteiger partial charge on any atom is -0.465 e. The molecule has 0 radical (unpaired) electrons. The summed E-state index contributed by atoms with van der Waals surface area (Å²) in [4.78, 5) is 13.5. The normalized spacial score (nSPS) is 11.1. The predicted octanol–water partition coefficient (Wildman–Crippen LogP) is 6.43. The van der Waals surface area contributed by atoms with Crippen LogP contribution in [0.1, 0.15) is 27.0 Å². The van der Waals surface area contributed by atoms with Gasteiger partial charge >= 0.3 is 5.97 Å². The van der Waals surface area contributed by atoms with E-state index in [1.165, 1.54) is 19.2 Å². The minimum absolute atomic E-state index is 0.111. The summed E-state index contributed by atoms with van der Waals surface area (Å²) in [6, 6.07) is 22.5. The molecule has 0 aromatic heterocycles. The smallest absolute Gasteiger partial charge is 0.337 e. The molecule has 7 nitrogen and oxygen atoms in total. The summed E-state index contributed by atoms with van der Waals surface area (Å²) in [5.41, 5.74) is 3.32. The maximum atomic E-state index is 14.6. The highest BCUT2D eigenvalue weighted by Crippen LogP contribution is 2.31. The van der Waals surface area contributed by atoms with Gasteiger partial charge in [-0.05, 0) is 72.6 Å². The molecule has 0 saturated heterocycles. The first-order valence-electron chi connectivity index (χ1n) is 12.2. The van der Waals surface area contributed by atoms with Crippen molar-refractivity contribution in [3.05, 3.63) is 119 Å². The number of methoxy groups -OCH3 is 1. The molecule has 0 aliphatic heterocycles. The van der Waals surface area contributed by atoms with Crippen molar-refractivity contribution in [1.82, 2.24) is 0 Å². The molecular formula is C30H28F2N2O5S. The highest BCUT2D eigenvalue weighted by Gasteiger charge is 2.17. The van der Waals surface area contributed by atoms with Crippen LogP contribution in [0.4, 0.5) is 20.2 Å². The van der Waals surface area contributed by atoms with Gasteiger partial charge in [-0.3, -0.25) is 4.72 Å². The molecule has 0 unspecified atom stereocenters. The topological polar surface area (TPSA) is 84.9 Å². The summed E-state index contributed by atoms with van der Waals surface area (Å²) in [6.45, 7) is 2.23. The number of carbonyl (C=O) groups excluding carboxylic acids is 1. The van der Waals surface area contributed by atoms with Crippen LogP contribution in [0.2, 0.25) is 0 Å². The summed E-state index contributed by atoms with van der Waals surface area (Å²) in [6.07, 6.45) is 1.07. The molecule has 208 valence electrons. The van der Waals surface area contributed by atoms with E-state index < -0.39 is 27.6 Å². The van der Waals surface area contributed by atoms with Crippen molar-refractivity contribution in [3.63, 3.8) is 0 Å². The zero-order valence-electron chi connectivity index (χ0n) is 22.1. The molecule has 0 spiro atoms. The average Bonchev–Trinajstić information content (AvgIpc) is 2.91. The van der Waals surface area contributed by atoms with Crippen LogP contribution in [0.5, 0.6) is 11.5 Å². The Morgan fingerprint density at radius 1 is 0.900 bits per heavy atom. The van der Waals surface area contributed by atoms with Gasteiger partial charge in [0.25, 0.3) is 0 Å². The Morgan fingerprint density at radius 2 is 1.55 bits per heavy atom. The van der Waals surface area contributed by atoms with Crippen molar-refractivity contribution < 1.29 is 31.5 Å². The fourth-order valence-electron chi connectivity index (χ4n) is 4.15. The van der Waals surface area contributed by atoms with Crippen molar-refractivity contribution in [2.45, 2.75) is 20.0 Å². The Kier molecular flexibility index (Phi) is 8.69. The van der Waals surface area contributed by atoms with Gasteiger partial charge in [0, 0.05) is 30.4 Å². The van der Waals surface area contributed by atoms with Crippen molar-refractivity contribution >= 4 is 27.4 Å². The Morgan fingerprint density at radius 3 is 2.15 bits per heavy atom. The van der Waals surface area contributed by atoms with Crippen LogP contribution in [0.15, 0.2) is 84.9 Å². The van der Waals surface area contributed by atoms with E-state index in [0.717, 1.165) is 17.9 Å². The lowest BCUT2D eigenvalue weighted by Crippen LogP contribution is -2.24. The molecule has 40 heavy (non-hydrogen) atoms. The zero-order chi connectivity index (χ0) is 28.9. The number of hydrogen-bond acceptors (Lipinski definition) is 6. The van der Waals surface area contributed by atoms with Crippen molar-refractivity contribution in [2.24, 2.45) is 0 Å². The second-order valence-corrected chi connectivity index (χ2v) is 10.9. The van der Waals surface area contributed by atoms with Gasteiger partial charge in [0.2, 0.25) is 10.0 Å². The van der Waals surface area contributed by atoms with E-state index in [2.05, 4.69) is 4.72 Å². The highest BCUT2D eigenvalue weighted by atomic mass is 32.2. The fraction of sp³-hybridized carbons (Fsp3) is 0.167. The van der Waals surface area contributed by atoms with E-state index >= 15 is 0 Å². The molecule has 4 aromatic carbocycles. The molecule has 4 aromatic rings. The Balaban J connectivity index is 1.59. The predicted molar refractivity (Wildman–Crippen MR) is 150 cm³/mol. The zero-order valence-corrected chi connectivity index (χ0v) is 23.0. The van der Waals surface area contributed by atoms with Gasteiger partial charge < -0.3 is 14.4 Å². The lowest BCUT2D eigenvalue weighted by atomic mass is 10.1. The number of benzene rings is 4. The number of carbonyl (C=O) groups is 1. The first kappa shape index (κ1) is 28.6. The van der Waals surface area contributed by atoms with Crippen LogP contribution in [0, 0.1) is 18.6 Å². The van der Waals surface area contributed by atoms with E-state index in [9.17, 15) is 22.0 Å². The van der Waals surface area contributed by atoms with Crippen LogP contribution in [0.25, 0.3) is 0 Å². The third kappa shape index (κ3) is 7.35. The van der Waals surface area contributed by atoms with Crippen molar-refractivity contribution in [1.29, 1.82) is 0 Å². The number of halogens is 2. The van der Waals surface area contributed by atoms with E-state index in [1.807, 2.05) is 23.1 Å². The molecule has 4 rings (SSSR count). The Labute approximate surface area is 232 Å². The largest absolute Gasteiger partial charge is 0.465 e. The Hall–Kier alpha value is -4.44. The maximum Gasteiger partial charge on any atom is 0.337 e. The van der Waals surface area contributed by atoms with E-state index in [0.29, 0.717) is 40.5 Å². The van der Waals surface area contributed by atoms with Gasteiger partial charge in [0.05, 0.1) is 24.6 Å². The summed E-state index contributed by atoms with van der Waals surface area (Å²) in [5.74, 6) is -0.663. The van der Waals surface area contributed by atoms with E-state index in [-0.39, 0.29) is 12.1 Å². The van der Waals surface area contributed by atoms with Gasteiger partial charge in [0.15, 0.2) is 0 Å². The van der Waals surface area contributed by atoms with Gasteiger partial charge in [0.1, 0.15) is 23.1 Å². The Bertz CT molecular complexity index is 1610. The molecule has 0 saturated carbocycles. The number of sulfonamides is 1. The number of anilines is 2. The van der Waals surface area contributed by atoms with Gasteiger partial charge in [-0.25, -0.2) is 22.0 Å². The standard InChI is InChI=1S/C30H28F2N2O5S/c1-20-28(33-40(3,36)37)5-4-6-29(20)34(19-23-9-12-24(31)17-27(23)32)18-21-7-13-25(14-8-21)39-26-15-10-22(11-16-26)30(35)38-2/h4-17,33H,18-19H2,1-3H3. The maximum absolute atomic E-state index is 14.6. The van der Waals surface area contributed by atoms with Gasteiger partial charge in [-0.2, -0.15) is 0 Å². The van der Waals surface area contributed by atoms with E-state index in [4.69, 9.17) is 9.47 Å². The van der Waals surface area contributed by atoms with E-state index in [1.54, 1.807) is 55.5 Å². The lowest BCUT2D eigenvalue weighted by molar-refractivity contribution is 0.0600. The van der Waals surface area contributed by atoms with Crippen LogP contribution in [-0.2, 0) is 27.8 Å². The summed E-state index contributed by atoms with van der Waals surface area (Å²) < 4.78 is 65.0. The molecular weight excluding hydrogens is 538 g/mol. The molecule has 0 bridgehead atoms. The number of esters is 1. The van der Waals surface area contributed by atoms with Crippen LogP contribution in [0.3, 0.4) is 0 Å². The first-order valence-corrected chi connectivity index (χ1v) is 14.1. The first-order chi connectivity index (χ1) is 19.0. The third-order valence-electron chi connectivity index (χ3n) is 6.13. The third-order valence-corrected chi connectivity index (χ3v) is 6.72. The molecule has 0 atom stereocenters. The number of hydrogen-bond donors (Lipinski definition) is 1.